The fourth-order valence-corrected chi connectivity index (χ4v) is 4.62. The monoisotopic (exact) mass is 477 g/mol. The summed E-state index contributed by atoms with van der Waals surface area (Å²) >= 11 is 2.44. The van der Waals surface area contributed by atoms with E-state index in [4.69, 9.17) is 0 Å². The molecule has 0 aliphatic rings. The highest BCUT2D eigenvalue weighted by Crippen LogP contribution is 2.27. The highest BCUT2D eigenvalue weighted by molar-refractivity contribution is 8.01. The number of hydrogen-bond acceptors (Lipinski definition) is 7. The number of carbonyl (C=O) groups excluding carboxylic acids is 3. The zero-order valence-electron chi connectivity index (χ0n) is 17.5. The summed E-state index contributed by atoms with van der Waals surface area (Å²) in [5, 5.41) is 18.5. The second-order valence-electron chi connectivity index (χ2n) is 6.95. The zero-order chi connectivity index (χ0) is 23.2. The Labute approximate surface area is 197 Å². The van der Waals surface area contributed by atoms with Crippen LogP contribution in [-0.4, -0.2) is 33.7 Å². The first-order chi connectivity index (χ1) is 16.0. The van der Waals surface area contributed by atoms with Crippen molar-refractivity contribution < 1.29 is 14.4 Å². The molecule has 4 rings (SSSR count). The average Bonchev–Trinajstić information content (AvgIpc) is 3.25. The Morgan fingerprint density at radius 1 is 0.848 bits per heavy atom. The predicted molar refractivity (Wildman–Crippen MR) is 132 cm³/mol. The summed E-state index contributed by atoms with van der Waals surface area (Å²) in [7, 11) is 0. The maximum atomic E-state index is 12.7. The smallest absolute Gasteiger partial charge is 0.258 e. The zero-order valence-corrected chi connectivity index (χ0v) is 19.1. The van der Waals surface area contributed by atoms with Gasteiger partial charge >= 0.3 is 0 Å². The SMILES string of the molecule is CC(=O)Nc1ccc(NC(=O)CSc2nnc(NC(=O)c3cccc4ccccc34)s2)cc1. The largest absolute Gasteiger partial charge is 0.326 e. The van der Waals surface area contributed by atoms with Crippen molar-refractivity contribution in [1.82, 2.24) is 10.2 Å². The van der Waals surface area contributed by atoms with Gasteiger partial charge in [-0.2, -0.15) is 0 Å². The molecule has 0 saturated carbocycles. The van der Waals surface area contributed by atoms with Crippen LogP contribution in [0.2, 0.25) is 0 Å². The molecule has 0 aliphatic heterocycles. The van der Waals surface area contributed by atoms with E-state index < -0.39 is 0 Å². The molecule has 0 unspecified atom stereocenters. The molecular weight excluding hydrogens is 458 g/mol. The van der Waals surface area contributed by atoms with Gasteiger partial charge in [0, 0.05) is 23.9 Å². The van der Waals surface area contributed by atoms with Crippen molar-refractivity contribution in [2.45, 2.75) is 11.3 Å². The molecule has 0 radical (unpaired) electrons. The second-order valence-corrected chi connectivity index (χ2v) is 9.15. The molecule has 1 aromatic heterocycles. The van der Waals surface area contributed by atoms with E-state index in [2.05, 4.69) is 26.1 Å². The first-order valence-corrected chi connectivity index (χ1v) is 11.7. The maximum Gasteiger partial charge on any atom is 0.258 e. The average molecular weight is 478 g/mol. The molecule has 0 spiro atoms. The van der Waals surface area contributed by atoms with Gasteiger partial charge in [-0.3, -0.25) is 19.7 Å². The maximum absolute atomic E-state index is 12.7. The summed E-state index contributed by atoms with van der Waals surface area (Å²) in [5.74, 6) is -0.490. The fourth-order valence-electron chi connectivity index (χ4n) is 3.07. The molecule has 10 heteroatoms. The Hall–Kier alpha value is -3.76. The summed E-state index contributed by atoms with van der Waals surface area (Å²) in [6.07, 6.45) is 0. The Bertz CT molecular complexity index is 1320. The van der Waals surface area contributed by atoms with E-state index in [1.807, 2.05) is 36.4 Å². The van der Waals surface area contributed by atoms with Crippen molar-refractivity contribution in [3.8, 4) is 0 Å². The standard InChI is InChI=1S/C23H19N5O3S2/c1-14(29)24-16-9-11-17(12-10-16)25-20(30)13-32-23-28-27-22(33-23)26-21(31)19-8-4-6-15-5-2-3-7-18(15)19/h2-12H,13H2,1H3,(H,24,29)(H,25,30)(H,26,27,31). The van der Waals surface area contributed by atoms with Crippen LogP contribution in [0.15, 0.2) is 71.1 Å². The number of anilines is 3. The number of thioether (sulfide) groups is 1. The quantitative estimate of drug-likeness (QED) is 0.264. The van der Waals surface area contributed by atoms with Crippen LogP contribution in [0.3, 0.4) is 0 Å². The number of carbonyl (C=O) groups is 3. The number of rotatable bonds is 7. The number of amides is 3. The van der Waals surface area contributed by atoms with Gasteiger partial charge < -0.3 is 10.6 Å². The van der Waals surface area contributed by atoms with E-state index in [1.165, 1.54) is 30.0 Å². The van der Waals surface area contributed by atoms with Crippen LogP contribution in [-0.2, 0) is 9.59 Å². The Balaban J connectivity index is 1.31. The molecule has 0 fully saturated rings. The minimum absolute atomic E-state index is 0.138. The molecule has 0 aliphatic carbocycles. The number of benzene rings is 3. The first kappa shape index (κ1) is 22.4. The van der Waals surface area contributed by atoms with E-state index in [9.17, 15) is 14.4 Å². The molecule has 3 N–H and O–H groups in total. The van der Waals surface area contributed by atoms with E-state index in [1.54, 1.807) is 30.3 Å². The van der Waals surface area contributed by atoms with Gasteiger partial charge in [0.2, 0.25) is 16.9 Å². The van der Waals surface area contributed by atoms with Gasteiger partial charge in [0.05, 0.1) is 5.75 Å². The van der Waals surface area contributed by atoms with Crippen LogP contribution in [0.1, 0.15) is 17.3 Å². The Morgan fingerprint density at radius 3 is 2.30 bits per heavy atom. The molecule has 0 bridgehead atoms. The van der Waals surface area contributed by atoms with Crippen LogP contribution >= 0.6 is 23.1 Å². The molecule has 3 amide bonds. The summed E-state index contributed by atoms with van der Waals surface area (Å²) in [6.45, 7) is 1.43. The van der Waals surface area contributed by atoms with Crippen molar-refractivity contribution in [3.63, 3.8) is 0 Å². The highest BCUT2D eigenvalue weighted by Gasteiger charge is 2.14. The lowest BCUT2D eigenvalue weighted by Gasteiger charge is -2.06. The van der Waals surface area contributed by atoms with E-state index in [0.717, 1.165) is 10.8 Å². The van der Waals surface area contributed by atoms with Crippen molar-refractivity contribution in [2.24, 2.45) is 0 Å². The summed E-state index contributed by atoms with van der Waals surface area (Å²) in [5.41, 5.74) is 1.83. The lowest BCUT2D eigenvalue weighted by Crippen LogP contribution is -2.14. The molecule has 1 heterocycles. The van der Waals surface area contributed by atoms with Crippen molar-refractivity contribution in [1.29, 1.82) is 0 Å². The second kappa shape index (κ2) is 10.2. The van der Waals surface area contributed by atoms with Crippen LogP contribution in [0.5, 0.6) is 0 Å². The third-order valence-corrected chi connectivity index (χ3v) is 6.45. The van der Waals surface area contributed by atoms with Crippen LogP contribution in [0.25, 0.3) is 10.8 Å². The van der Waals surface area contributed by atoms with Crippen molar-refractivity contribution in [3.05, 3.63) is 72.3 Å². The lowest BCUT2D eigenvalue weighted by atomic mass is 10.0. The van der Waals surface area contributed by atoms with Gasteiger partial charge in [0.15, 0.2) is 4.34 Å². The number of fused-ring (bicyclic) bond motifs is 1. The van der Waals surface area contributed by atoms with Gasteiger partial charge in [0.1, 0.15) is 0 Å². The van der Waals surface area contributed by atoms with Crippen LogP contribution in [0.4, 0.5) is 16.5 Å². The molecule has 0 atom stereocenters. The number of nitrogens with one attached hydrogen (secondary N) is 3. The van der Waals surface area contributed by atoms with E-state index in [0.29, 0.717) is 26.4 Å². The Morgan fingerprint density at radius 2 is 1.55 bits per heavy atom. The molecule has 8 nitrogen and oxygen atoms in total. The van der Waals surface area contributed by atoms with Gasteiger partial charge in [0.25, 0.3) is 5.91 Å². The topological polar surface area (TPSA) is 113 Å². The highest BCUT2D eigenvalue weighted by atomic mass is 32.2. The van der Waals surface area contributed by atoms with E-state index >= 15 is 0 Å². The normalized spacial score (nSPS) is 10.6. The molecule has 33 heavy (non-hydrogen) atoms. The number of nitrogens with zero attached hydrogens (tertiary/aromatic N) is 2. The molecule has 0 saturated heterocycles. The summed E-state index contributed by atoms with van der Waals surface area (Å²) in [6, 6.07) is 20.1. The predicted octanol–water partition coefficient (Wildman–Crippen LogP) is 4.63. The van der Waals surface area contributed by atoms with Gasteiger partial charge in [-0.05, 0) is 41.1 Å². The number of aromatic nitrogens is 2. The van der Waals surface area contributed by atoms with Crippen LogP contribution in [0, 0.1) is 0 Å². The Kier molecular flexibility index (Phi) is 6.96. The molecule has 3 aromatic carbocycles. The van der Waals surface area contributed by atoms with Gasteiger partial charge in [-0.15, -0.1) is 10.2 Å². The van der Waals surface area contributed by atoms with Crippen molar-refractivity contribution >= 4 is 68.1 Å². The molecular formula is C23H19N5O3S2. The van der Waals surface area contributed by atoms with E-state index in [-0.39, 0.29) is 23.5 Å². The fraction of sp³-hybridized carbons (Fsp3) is 0.0870. The third kappa shape index (κ3) is 5.93. The third-order valence-electron chi connectivity index (χ3n) is 4.48. The lowest BCUT2D eigenvalue weighted by molar-refractivity contribution is -0.114. The molecule has 166 valence electrons. The first-order valence-electron chi connectivity index (χ1n) is 9.91. The van der Waals surface area contributed by atoms with Gasteiger partial charge in [-0.1, -0.05) is 59.5 Å². The number of hydrogen-bond donors (Lipinski definition) is 3. The minimum atomic E-state index is -0.264. The minimum Gasteiger partial charge on any atom is -0.326 e. The molecule has 4 aromatic rings. The summed E-state index contributed by atoms with van der Waals surface area (Å²) in [4.78, 5) is 36.0. The van der Waals surface area contributed by atoms with Crippen LogP contribution < -0.4 is 16.0 Å². The summed E-state index contributed by atoms with van der Waals surface area (Å²) < 4.78 is 0.569. The van der Waals surface area contributed by atoms with Crippen molar-refractivity contribution in [2.75, 3.05) is 21.7 Å². The van der Waals surface area contributed by atoms with Gasteiger partial charge in [-0.25, -0.2) is 0 Å².